The van der Waals surface area contributed by atoms with Crippen LogP contribution in [0.25, 0.3) is 110 Å². The molecule has 0 amide bonds. The van der Waals surface area contributed by atoms with Crippen LogP contribution >= 0.6 is 0 Å². The van der Waals surface area contributed by atoms with Gasteiger partial charge in [0, 0.05) is 38.1 Å². The number of nitrogens with zero attached hydrogens (tertiary/aromatic N) is 2. The molecule has 0 atom stereocenters. The van der Waals surface area contributed by atoms with Crippen LogP contribution in [0.4, 0.5) is 0 Å². The minimum atomic E-state index is 0.833. The quantitative estimate of drug-likeness (QED) is 0.181. The smallest absolute Gasteiger partial charge is 0.147 e. The van der Waals surface area contributed by atoms with E-state index in [2.05, 4.69) is 133 Å². The fourth-order valence-electron chi connectivity index (χ4n) is 7.83. The van der Waals surface area contributed by atoms with Crippen molar-refractivity contribution in [3.05, 3.63) is 158 Å². The van der Waals surface area contributed by atoms with Gasteiger partial charge in [-0.2, -0.15) is 0 Å². The third kappa shape index (κ3) is 3.87. The number of fused-ring (bicyclic) bond motifs is 13. The number of benzene rings is 8. The van der Waals surface area contributed by atoms with Gasteiger partial charge in [-0.3, -0.25) is 4.98 Å². The molecule has 3 heterocycles. The Hall–Kier alpha value is -6.78. The second-order valence-electron chi connectivity index (χ2n) is 12.9. The fourth-order valence-corrected chi connectivity index (χ4v) is 7.83. The minimum absolute atomic E-state index is 0.833. The molecule has 3 aromatic heterocycles. The molecule has 0 fully saturated rings. The summed E-state index contributed by atoms with van der Waals surface area (Å²) < 4.78 is 12.9. The van der Waals surface area contributed by atoms with Gasteiger partial charge >= 0.3 is 0 Å². The molecule has 0 aliphatic heterocycles. The van der Waals surface area contributed by atoms with Gasteiger partial charge in [-0.25, -0.2) is 4.98 Å². The first-order valence-corrected chi connectivity index (χ1v) is 16.8. The Morgan fingerprint density at radius 3 is 1.72 bits per heavy atom. The number of hydrogen-bond donors (Lipinski definition) is 0. The number of hydrogen-bond acceptors (Lipinski definition) is 4. The van der Waals surface area contributed by atoms with Crippen molar-refractivity contribution in [3.8, 4) is 33.5 Å². The Morgan fingerprint density at radius 1 is 0.360 bits per heavy atom. The molecule has 0 aliphatic rings. The molecule has 0 aliphatic carbocycles. The largest absolute Gasteiger partial charge is 0.456 e. The first-order chi connectivity index (χ1) is 24.8. The lowest BCUT2D eigenvalue weighted by Gasteiger charge is -2.13. The van der Waals surface area contributed by atoms with Gasteiger partial charge < -0.3 is 8.83 Å². The SMILES string of the molecule is c1ccc(-c2cnc3c4ccccc4c4ccccc4c3n2)c(-c2ccc(-c3cccc4c3oc3c4ccc4oc5ccccc5c43)cc2)c1. The second-order valence-corrected chi connectivity index (χ2v) is 12.9. The molecule has 232 valence electrons. The van der Waals surface area contributed by atoms with Crippen molar-refractivity contribution in [3.63, 3.8) is 0 Å². The van der Waals surface area contributed by atoms with Crippen molar-refractivity contribution in [2.45, 2.75) is 0 Å². The Balaban J connectivity index is 1.03. The van der Waals surface area contributed by atoms with Crippen LogP contribution < -0.4 is 0 Å². The van der Waals surface area contributed by atoms with E-state index in [0.717, 1.165) is 99.2 Å². The molecule has 0 N–H and O–H groups in total. The standard InChI is InChI=1S/C46H26N2O2/c1-4-13-33(39-26-47-43-34-14-5-2-11-31(34)32-12-3-6-15-35(32)44(43)48-39)29(10-1)27-20-22-28(23-21-27)30-17-9-18-36-37-24-25-41-42(46(37)50-45(30)36)38-16-7-8-19-40(38)49-41/h1-26H. The van der Waals surface area contributed by atoms with Crippen molar-refractivity contribution in [1.29, 1.82) is 0 Å². The molecule has 0 bridgehead atoms. The Bertz CT molecular complexity index is 3120. The average Bonchev–Trinajstić information content (AvgIpc) is 3.76. The zero-order valence-corrected chi connectivity index (χ0v) is 26.7. The molecule has 4 heteroatoms. The molecular weight excluding hydrogens is 613 g/mol. The van der Waals surface area contributed by atoms with E-state index >= 15 is 0 Å². The topological polar surface area (TPSA) is 52.1 Å². The predicted molar refractivity (Wildman–Crippen MR) is 205 cm³/mol. The van der Waals surface area contributed by atoms with Gasteiger partial charge in [-0.1, -0.05) is 133 Å². The lowest BCUT2D eigenvalue weighted by atomic mass is 9.95. The van der Waals surface area contributed by atoms with Crippen LogP contribution in [0.15, 0.2) is 167 Å². The summed E-state index contributed by atoms with van der Waals surface area (Å²) in [5.41, 5.74) is 11.5. The maximum Gasteiger partial charge on any atom is 0.147 e. The van der Waals surface area contributed by atoms with Crippen LogP contribution in [0.5, 0.6) is 0 Å². The highest BCUT2D eigenvalue weighted by Gasteiger charge is 2.19. The minimum Gasteiger partial charge on any atom is -0.456 e. The third-order valence-corrected chi connectivity index (χ3v) is 10.1. The molecule has 0 unspecified atom stereocenters. The summed E-state index contributed by atoms with van der Waals surface area (Å²) in [6.45, 7) is 0. The van der Waals surface area contributed by atoms with Crippen LogP contribution in [0, 0.1) is 0 Å². The van der Waals surface area contributed by atoms with Gasteiger partial charge in [-0.05, 0) is 45.7 Å². The lowest BCUT2D eigenvalue weighted by molar-refractivity contribution is 0.663. The van der Waals surface area contributed by atoms with E-state index in [0.29, 0.717) is 0 Å². The van der Waals surface area contributed by atoms with E-state index in [1.165, 1.54) is 10.8 Å². The van der Waals surface area contributed by atoms with Crippen molar-refractivity contribution in [2.24, 2.45) is 0 Å². The van der Waals surface area contributed by atoms with Gasteiger partial charge in [-0.15, -0.1) is 0 Å². The third-order valence-electron chi connectivity index (χ3n) is 10.1. The summed E-state index contributed by atoms with van der Waals surface area (Å²) in [4.78, 5) is 10.3. The maximum absolute atomic E-state index is 6.73. The van der Waals surface area contributed by atoms with E-state index in [9.17, 15) is 0 Å². The van der Waals surface area contributed by atoms with E-state index in [1.54, 1.807) is 0 Å². The molecule has 50 heavy (non-hydrogen) atoms. The Morgan fingerprint density at radius 2 is 0.940 bits per heavy atom. The van der Waals surface area contributed by atoms with Crippen LogP contribution in [-0.2, 0) is 0 Å². The molecule has 0 saturated heterocycles. The van der Waals surface area contributed by atoms with Gasteiger partial charge in [0.15, 0.2) is 0 Å². The number of aromatic nitrogens is 2. The average molecular weight is 639 g/mol. The first kappa shape index (κ1) is 27.2. The monoisotopic (exact) mass is 638 g/mol. The van der Waals surface area contributed by atoms with E-state index < -0.39 is 0 Å². The van der Waals surface area contributed by atoms with Crippen LogP contribution in [0.1, 0.15) is 0 Å². The van der Waals surface area contributed by atoms with Crippen LogP contribution in [0.2, 0.25) is 0 Å². The van der Waals surface area contributed by atoms with Gasteiger partial charge in [0.25, 0.3) is 0 Å². The zero-order valence-electron chi connectivity index (χ0n) is 26.7. The number of para-hydroxylation sites is 2. The van der Waals surface area contributed by atoms with Crippen molar-refractivity contribution in [2.75, 3.05) is 0 Å². The highest BCUT2D eigenvalue weighted by Crippen LogP contribution is 2.42. The Labute approximate surface area is 285 Å². The molecule has 0 saturated carbocycles. The normalized spacial score (nSPS) is 12.0. The second kappa shape index (κ2) is 10.4. The highest BCUT2D eigenvalue weighted by atomic mass is 16.3. The summed E-state index contributed by atoms with van der Waals surface area (Å²) in [5, 5.41) is 8.87. The molecule has 11 rings (SSSR count). The van der Waals surface area contributed by atoms with Crippen molar-refractivity contribution < 1.29 is 8.83 Å². The highest BCUT2D eigenvalue weighted by molar-refractivity contribution is 6.24. The Kier molecular flexibility index (Phi) is 5.63. The zero-order chi connectivity index (χ0) is 32.8. The summed E-state index contributed by atoms with van der Waals surface area (Å²) in [6.07, 6.45) is 1.92. The summed E-state index contributed by atoms with van der Waals surface area (Å²) in [6, 6.07) is 52.8. The summed E-state index contributed by atoms with van der Waals surface area (Å²) in [7, 11) is 0. The van der Waals surface area contributed by atoms with E-state index in [4.69, 9.17) is 18.8 Å². The molecule has 0 radical (unpaired) electrons. The fraction of sp³-hybridized carbons (Fsp3) is 0. The van der Waals surface area contributed by atoms with E-state index in [1.807, 2.05) is 24.4 Å². The molecule has 8 aromatic carbocycles. The predicted octanol–water partition coefficient (Wildman–Crippen LogP) is 12.7. The molecular formula is C46H26N2O2. The number of furan rings is 2. The summed E-state index contributed by atoms with van der Waals surface area (Å²) >= 11 is 0. The maximum atomic E-state index is 6.73. The van der Waals surface area contributed by atoms with Crippen molar-refractivity contribution >= 4 is 76.5 Å². The first-order valence-electron chi connectivity index (χ1n) is 16.8. The lowest BCUT2D eigenvalue weighted by Crippen LogP contribution is -1.93. The molecule has 4 nitrogen and oxygen atoms in total. The van der Waals surface area contributed by atoms with Gasteiger partial charge in [0.1, 0.15) is 22.3 Å². The summed E-state index contributed by atoms with van der Waals surface area (Å²) in [5.74, 6) is 0. The molecule has 0 spiro atoms. The van der Waals surface area contributed by atoms with Crippen molar-refractivity contribution in [1.82, 2.24) is 9.97 Å². The van der Waals surface area contributed by atoms with Gasteiger partial charge in [0.05, 0.1) is 28.3 Å². The van der Waals surface area contributed by atoms with Gasteiger partial charge in [0.2, 0.25) is 0 Å². The van der Waals surface area contributed by atoms with Crippen LogP contribution in [0.3, 0.4) is 0 Å². The van der Waals surface area contributed by atoms with Crippen LogP contribution in [-0.4, -0.2) is 9.97 Å². The number of rotatable bonds is 3. The van der Waals surface area contributed by atoms with E-state index in [-0.39, 0.29) is 0 Å². The molecule has 11 aromatic rings.